The van der Waals surface area contributed by atoms with Gasteiger partial charge in [-0.15, -0.1) is 0 Å². The second-order valence-corrected chi connectivity index (χ2v) is 6.09. The normalized spacial score (nSPS) is 11.9. The molecule has 0 saturated carbocycles. The second-order valence-electron chi connectivity index (χ2n) is 6.09. The quantitative estimate of drug-likeness (QED) is 0.852. The van der Waals surface area contributed by atoms with Gasteiger partial charge in [0.15, 0.2) is 0 Å². The summed E-state index contributed by atoms with van der Waals surface area (Å²) in [5.41, 5.74) is 5.76. The third-order valence-electron chi connectivity index (χ3n) is 2.88. The number of rotatable bonds is 5. The number of aliphatic hydroxyl groups is 1. The Balaban J connectivity index is 3.12. The van der Waals surface area contributed by atoms with Crippen LogP contribution in [0.5, 0.6) is 0 Å². The van der Waals surface area contributed by atoms with Crippen molar-refractivity contribution in [3.8, 4) is 0 Å². The topological polar surface area (TPSA) is 75.3 Å². The van der Waals surface area contributed by atoms with Gasteiger partial charge < -0.3 is 15.7 Å². The lowest BCUT2D eigenvalue weighted by Crippen LogP contribution is -2.34. The van der Waals surface area contributed by atoms with E-state index >= 15 is 0 Å². The molecule has 0 atom stereocenters. The van der Waals surface area contributed by atoms with Crippen LogP contribution in [0.1, 0.15) is 46.9 Å². The molecule has 0 spiro atoms. The molecule has 0 aliphatic rings. The van der Waals surface area contributed by atoms with Gasteiger partial charge in [0, 0.05) is 30.7 Å². The van der Waals surface area contributed by atoms with Gasteiger partial charge in [-0.3, -0.25) is 0 Å². The van der Waals surface area contributed by atoms with E-state index in [1.165, 1.54) is 0 Å². The van der Waals surface area contributed by atoms with Crippen LogP contribution < -0.4 is 10.6 Å². The fourth-order valence-electron chi connectivity index (χ4n) is 1.81. The summed E-state index contributed by atoms with van der Waals surface area (Å²) in [6.45, 7) is 11.3. The summed E-state index contributed by atoms with van der Waals surface area (Å²) in [6.07, 6.45) is 0.715. The van der Waals surface area contributed by atoms with Gasteiger partial charge in [0.25, 0.3) is 0 Å². The average molecular weight is 266 g/mol. The van der Waals surface area contributed by atoms with E-state index < -0.39 is 0 Å². The molecule has 0 aromatic carbocycles. The Morgan fingerprint density at radius 2 is 1.95 bits per heavy atom. The molecule has 0 saturated heterocycles. The van der Waals surface area contributed by atoms with E-state index in [0.717, 1.165) is 18.2 Å². The Labute approximate surface area is 115 Å². The number of nitrogens with two attached hydrogens (primary N) is 1. The second kappa shape index (κ2) is 6.19. The lowest BCUT2D eigenvalue weighted by molar-refractivity contribution is 0.288. The molecule has 1 heterocycles. The molecule has 19 heavy (non-hydrogen) atoms. The highest BCUT2D eigenvalue weighted by Crippen LogP contribution is 2.24. The third-order valence-corrected chi connectivity index (χ3v) is 2.88. The summed E-state index contributed by atoms with van der Waals surface area (Å²) >= 11 is 0. The van der Waals surface area contributed by atoms with Gasteiger partial charge in [-0.05, 0) is 20.3 Å². The molecule has 0 unspecified atom stereocenters. The highest BCUT2D eigenvalue weighted by Gasteiger charge is 2.21. The van der Waals surface area contributed by atoms with Crippen molar-refractivity contribution in [2.45, 2.75) is 52.5 Å². The van der Waals surface area contributed by atoms with Gasteiger partial charge >= 0.3 is 0 Å². The minimum Gasteiger partial charge on any atom is -0.396 e. The van der Waals surface area contributed by atoms with E-state index in [4.69, 9.17) is 10.8 Å². The Morgan fingerprint density at radius 3 is 2.42 bits per heavy atom. The molecule has 108 valence electrons. The number of nitrogens with zero attached hydrogens (tertiary/aromatic N) is 3. The summed E-state index contributed by atoms with van der Waals surface area (Å²) in [6, 6.07) is 2.10. The summed E-state index contributed by atoms with van der Waals surface area (Å²) in [7, 11) is 0. The van der Waals surface area contributed by atoms with Crippen LogP contribution in [-0.4, -0.2) is 34.3 Å². The van der Waals surface area contributed by atoms with E-state index in [0.29, 0.717) is 18.3 Å². The van der Waals surface area contributed by atoms with Gasteiger partial charge in [-0.2, -0.15) is 0 Å². The Bertz CT molecular complexity index is 412. The molecular formula is C14H26N4O. The van der Waals surface area contributed by atoms with Crippen LogP contribution in [0, 0.1) is 0 Å². The lowest BCUT2D eigenvalue weighted by Gasteiger charge is -2.29. The largest absolute Gasteiger partial charge is 0.396 e. The lowest BCUT2D eigenvalue weighted by atomic mass is 9.96. The standard InChI is InChI=1S/C14H26N4O/c1-10(2)18(7-6-8-19)12-9-11(15)16-13(17-12)14(3,4)5/h9-10,19H,6-8H2,1-5H3,(H2,15,16,17). The summed E-state index contributed by atoms with van der Waals surface area (Å²) in [5, 5.41) is 9.00. The van der Waals surface area contributed by atoms with Crippen molar-refractivity contribution in [1.29, 1.82) is 0 Å². The smallest absolute Gasteiger partial charge is 0.138 e. The Kier molecular flexibility index (Phi) is 5.11. The number of hydrogen-bond donors (Lipinski definition) is 2. The molecule has 0 bridgehead atoms. The Hall–Kier alpha value is -1.36. The molecule has 0 aliphatic heterocycles. The van der Waals surface area contributed by atoms with Crippen molar-refractivity contribution in [3.05, 3.63) is 11.9 Å². The number of aliphatic hydroxyl groups excluding tert-OH is 1. The van der Waals surface area contributed by atoms with Crippen LogP contribution >= 0.6 is 0 Å². The zero-order valence-corrected chi connectivity index (χ0v) is 12.6. The number of aromatic nitrogens is 2. The van der Waals surface area contributed by atoms with Crippen LogP contribution in [-0.2, 0) is 5.41 Å². The maximum Gasteiger partial charge on any atom is 0.138 e. The summed E-state index contributed by atoms with van der Waals surface area (Å²) in [5.74, 6) is 2.07. The first-order valence-corrected chi connectivity index (χ1v) is 6.78. The molecule has 5 nitrogen and oxygen atoms in total. The van der Waals surface area contributed by atoms with Crippen molar-refractivity contribution >= 4 is 11.6 Å². The molecule has 1 aromatic heterocycles. The average Bonchev–Trinajstić information content (AvgIpc) is 2.27. The van der Waals surface area contributed by atoms with Crippen molar-refractivity contribution in [2.75, 3.05) is 23.8 Å². The first kappa shape index (κ1) is 15.7. The zero-order chi connectivity index (χ0) is 14.6. The highest BCUT2D eigenvalue weighted by molar-refractivity contribution is 5.48. The minimum atomic E-state index is -0.135. The SMILES string of the molecule is CC(C)N(CCCO)c1cc(N)nc(C(C)(C)C)n1. The molecular weight excluding hydrogens is 240 g/mol. The van der Waals surface area contributed by atoms with Crippen molar-refractivity contribution in [2.24, 2.45) is 0 Å². The third kappa shape index (κ3) is 4.35. The number of hydrogen-bond acceptors (Lipinski definition) is 5. The zero-order valence-electron chi connectivity index (χ0n) is 12.6. The van der Waals surface area contributed by atoms with Crippen LogP contribution in [0.25, 0.3) is 0 Å². The van der Waals surface area contributed by atoms with E-state index in [-0.39, 0.29) is 12.0 Å². The van der Waals surface area contributed by atoms with E-state index in [9.17, 15) is 0 Å². The summed E-state index contributed by atoms with van der Waals surface area (Å²) in [4.78, 5) is 11.1. The fourth-order valence-corrected chi connectivity index (χ4v) is 1.81. The van der Waals surface area contributed by atoms with E-state index in [1.54, 1.807) is 6.07 Å². The molecule has 5 heteroatoms. The van der Waals surface area contributed by atoms with E-state index in [1.807, 2.05) is 0 Å². The minimum absolute atomic E-state index is 0.135. The monoisotopic (exact) mass is 266 g/mol. The molecule has 1 aromatic rings. The van der Waals surface area contributed by atoms with Crippen LogP contribution in [0.3, 0.4) is 0 Å². The first-order chi connectivity index (χ1) is 8.75. The maximum atomic E-state index is 9.00. The molecule has 0 aliphatic carbocycles. The Morgan fingerprint density at radius 1 is 1.32 bits per heavy atom. The van der Waals surface area contributed by atoms with E-state index in [2.05, 4.69) is 49.5 Å². The van der Waals surface area contributed by atoms with Crippen molar-refractivity contribution in [1.82, 2.24) is 9.97 Å². The molecule has 0 amide bonds. The predicted molar refractivity (Wildman–Crippen MR) is 79.3 cm³/mol. The van der Waals surface area contributed by atoms with Gasteiger partial charge in [-0.1, -0.05) is 20.8 Å². The molecule has 0 fully saturated rings. The first-order valence-electron chi connectivity index (χ1n) is 6.78. The van der Waals surface area contributed by atoms with Gasteiger partial charge in [0.1, 0.15) is 17.5 Å². The highest BCUT2D eigenvalue weighted by atomic mass is 16.3. The van der Waals surface area contributed by atoms with Gasteiger partial charge in [0.2, 0.25) is 0 Å². The summed E-state index contributed by atoms with van der Waals surface area (Å²) < 4.78 is 0. The van der Waals surface area contributed by atoms with Crippen molar-refractivity contribution < 1.29 is 5.11 Å². The predicted octanol–water partition coefficient (Wildman–Crippen LogP) is 1.95. The molecule has 0 radical (unpaired) electrons. The van der Waals surface area contributed by atoms with Crippen LogP contribution in [0.4, 0.5) is 11.6 Å². The van der Waals surface area contributed by atoms with Crippen LogP contribution in [0.15, 0.2) is 6.07 Å². The van der Waals surface area contributed by atoms with Gasteiger partial charge in [0.05, 0.1) is 0 Å². The number of anilines is 2. The molecule has 3 N–H and O–H groups in total. The van der Waals surface area contributed by atoms with Crippen LogP contribution in [0.2, 0.25) is 0 Å². The van der Waals surface area contributed by atoms with Gasteiger partial charge in [-0.25, -0.2) is 9.97 Å². The number of nitrogen functional groups attached to an aromatic ring is 1. The maximum absolute atomic E-state index is 9.00. The van der Waals surface area contributed by atoms with Crippen molar-refractivity contribution in [3.63, 3.8) is 0 Å². The fraction of sp³-hybridized carbons (Fsp3) is 0.714. The molecule has 1 rings (SSSR count).